The highest BCUT2D eigenvalue weighted by molar-refractivity contribution is 7.92. The van der Waals surface area contributed by atoms with E-state index < -0.39 is 49.5 Å². The number of rotatable bonds is 4. The Morgan fingerprint density at radius 3 is 2.43 bits per heavy atom. The molecule has 23 heavy (non-hydrogen) atoms. The van der Waals surface area contributed by atoms with E-state index in [-0.39, 0.29) is 5.56 Å². The highest BCUT2D eigenvalue weighted by Gasteiger charge is 2.23. The fraction of sp³-hybridized carbons (Fsp3) is 0.0714. The van der Waals surface area contributed by atoms with Crippen molar-refractivity contribution in [1.29, 1.82) is 0 Å². The first-order valence-corrected chi connectivity index (χ1v) is 7.65. The molecule has 0 saturated carbocycles. The van der Waals surface area contributed by atoms with Crippen LogP contribution in [0.1, 0.15) is 15.9 Å². The molecule has 0 aromatic heterocycles. The van der Waals surface area contributed by atoms with E-state index in [1.807, 2.05) is 4.72 Å². The summed E-state index contributed by atoms with van der Waals surface area (Å²) in [5.41, 5.74) is -1.72. The van der Waals surface area contributed by atoms with E-state index in [0.717, 1.165) is 18.2 Å². The molecule has 122 valence electrons. The molecule has 0 unspecified atom stereocenters. The summed E-state index contributed by atoms with van der Waals surface area (Å²) < 4.78 is 53.6. The summed E-state index contributed by atoms with van der Waals surface area (Å²) in [5, 5.41) is 18.4. The summed E-state index contributed by atoms with van der Waals surface area (Å²) in [4.78, 5) is 10.4. The zero-order chi connectivity index (χ0) is 17.4. The molecule has 0 atom stereocenters. The molecule has 0 amide bonds. The van der Waals surface area contributed by atoms with Gasteiger partial charge in [-0.1, -0.05) is 6.07 Å². The Bertz CT molecular complexity index is 876. The number of aromatic hydroxyl groups is 1. The van der Waals surface area contributed by atoms with E-state index >= 15 is 0 Å². The number of aryl methyl sites for hydroxylation is 1. The van der Waals surface area contributed by atoms with E-state index in [1.54, 1.807) is 0 Å². The number of anilines is 1. The highest BCUT2D eigenvalue weighted by atomic mass is 32.2. The molecule has 0 radical (unpaired) electrons. The number of sulfonamides is 1. The molecule has 9 heteroatoms. The molecule has 0 aliphatic rings. The van der Waals surface area contributed by atoms with Crippen LogP contribution >= 0.6 is 0 Å². The van der Waals surface area contributed by atoms with Gasteiger partial charge in [0, 0.05) is 0 Å². The molecule has 3 N–H and O–H groups in total. The minimum absolute atomic E-state index is 0.206. The first-order valence-electron chi connectivity index (χ1n) is 6.17. The van der Waals surface area contributed by atoms with Gasteiger partial charge < -0.3 is 10.2 Å². The lowest BCUT2D eigenvalue weighted by Gasteiger charge is -2.12. The van der Waals surface area contributed by atoms with Crippen LogP contribution in [-0.2, 0) is 10.0 Å². The third-order valence-electron chi connectivity index (χ3n) is 3.00. The number of carboxylic acid groups (broad SMARTS) is 1. The maximum atomic E-state index is 13.7. The third-order valence-corrected chi connectivity index (χ3v) is 4.33. The van der Waals surface area contributed by atoms with Crippen molar-refractivity contribution >= 4 is 21.7 Å². The number of para-hydroxylation sites is 1. The number of benzene rings is 2. The Labute approximate surface area is 130 Å². The van der Waals surface area contributed by atoms with Crippen LogP contribution in [0.4, 0.5) is 14.5 Å². The first-order chi connectivity index (χ1) is 10.6. The fourth-order valence-electron chi connectivity index (χ4n) is 1.85. The molecule has 0 saturated heterocycles. The second-order valence-electron chi connectivity index (χ2n) is 4.65. The summed E-state index contributed by atoms with van der Waals surface area (Å²) in [6.07, 6.45) is 0. The zero-order valence-electron chi connectivity index (χ0n) is 11.7. The Kier molecular flexibility index (Phi) is 4.24. The van der Waals surface area contributed by atoms with Gasteiger partial charge in [0.2, 0.25) is 0 Å². The molecule has 6 nitrogen and oxygen atoms in total. The van der Waals surface area contributed by atoms with Crippen molar-refractivity contribution in [2.45, 2.75) is 11.8 Å². The first kappa shape index (κ1) is 16.7. The number of nitrogens with one attached hydrogen (secondary N) is 1. The van der Waals surface area contributed by atoms with Gasteiger partial charge in [0.1, 0.15) is 17.3 Å². The number of halogens is 2. The summed E-state index contributed by atoms with van der Waals surface area (Å²) in [7, 11) is -4.43. The van der Waals surface area contributed by atoms with Gasteiger partial charge >= 0.3 is 5.97 Å². The monoisotopic (exact) mass is 343 g/mol. The van der Waals surface area contributed by atoms with Gasteiger partial charge in [-0.3, -0.25) is 4.72 Å². The van der Waals surface area contributed by atoms with Gasteiger partial charge in [-0.2, -0.15) is 0 Å². The van der Waals surface area contributed by atoms with E-state index in [4.69, 9.17) is 5.11 Å². The average Bonchev–Trinajstić information content (AvgIpc) is 2.45. The molecule has 0 heterocycles. The van der Waals surface area contributed by atoms with Crippen LogP contribution in [0.25, 0.3) is 0 Å². The normalized spacial score (nSPS) is 11.3. The fourth-order valence-corrected chi connectivity index (χ4v) is 3.05. The molecule has 0 aliphatic carbocycles. The van der Waals surface area contributed by atoms with E-state index in [2.05, 4.69) is 0 Å². The molecule has 0 fully saturated rings. The van der Waals surface area contributed by atoms with Crippen molar-refractivity contribution in [2.24, 2.45) is 0 Å². The maximum Gasteiger partial charge on any atom is 0.338 e. The van der Waals surface area contributed by atoms with Crippen molar-refractivity contribution in [3.05, 3.63) is 53.1 Å². The number of hydrogen-bond donors (Lipinski definition) is 3. The second-order valence-corrected chi connectivity index (χ2v) is 6.33. The Hall–Kier alpha value is -2.68. The summed E-state index contributed by atoms with van der Waals surface area (Å²) in [6, 6.07) is 4.69. The second kappa shape index (κ2) is 5.84. The van der Waals surface area contributed by atoms with Crippen LogP contribution < -0.4 is 4.72 Å². The molecule has 2 aromatic rings. The highest BCUT2D eigenvalue weighted by Crippen LogP contribution is 2.29. The maximum absolute atomic E-state index is 13.7. The van der Waals surface area contributed by atoms with Crippen molar-refractivity contribution in [1.82, 2.24) is 0 Å². The molecule has 2 aromatic carbocycles. The lowest BCUT2D eigenvalue weighted by atomic mass is 10.1. The lowest BCUT2D eigenvalue weighted by Crippen LogP contribution is -2.16. The predicted molar refractivity (Wildman–Crippen MR) is 77.0 cm³/mol. The van der Waals surface area contributed by atoms with Gasteiger partial charge in [0.15, 0.2) is 5.82 Å². The van der Waals surface area contributed by atoms with Gasteiger partial charge in [-0.05, 0) is 36.8 Å². The van der Waals surface area contributed by atoms with Crippen molar-refractivity contribution in [2.75, 3.05) is 4.72 Å². The minimum Gasteiger partial charge on any atom is -0.506 e. The third kappa shape index (κ3) is 3.24. The predicted octanol–water partition coefficient (Wildman–Crippen LogP) is 2.48. The van der Waals surface area contributed by atoms with Gasteiger partial charge in [0.25, 0.3) is 10.0 Å². The molecule has 0 aliphatic heterocycles. The minimum atomic E-state index is -4.43. The number of carboxylic acids is 1. The topological polar surface area (TPSA) is 104 Å². The molecule has 2 rings (SSSR count). The smallest absolute Gasteiger partial charge is 0.338 e. The van der Waals surface area contributed by atoms with Gasteiger partial charge in [0.05, 0.1) is 10.5 Å². The lowest BCUT2D eigenvalue weighted by molar-refractivity contribution is 0.0691. The van der Waals surface area contributed by atoms with E-state index in [9.17, 15) is 27.1 Å². The summed E-state index contributed by atoms with van der Waals surface area (Å²) in [6.45, 7) is 1.20. The summed E-state index contributed by atoms with van der Waals surface area (Å²) >= 11 is 0. The van der Waals surface area contributed by atoms with Crippen LogP contribution in [-0.4, -0.2) is 24.6 Å². The molecule has 0 bridgehead atoms. The van der Waals surface area contributed by atoms with Crippen LogP contribution in [0.3, 0.4) is 0 Å². The standard InChI is InChI=1S/C14H11F2NO5S/c1-7-5-8(6-9(12(7)16)14(19)20)23(21,22)17-13-10(15)3-2-4-11(13)18/h2-6,17-18H,1H3,(H,19,20). The van der Waals surface area contributed by atoms with E-state index in [1.165, 1.54) is 13.0 Å². The van der Waals surface area contributed by atoms with Crippen LogP contribution in [0.5, 0.6) is 5.75 Å². The summed E-state index contributed by atoms with van der Waals surface area (Å²) in [5.74, 6) is -4.38. The Balaban J connectivity index is 2.55. The van der Waals surface area contributed by atoms with Crippen molar-refractivity contribution in [3.8, 4) is 5.75 Å². The SMILES string of the molecule is Cc1cc(S(=O)(=O)Nc2c(O)cccc2F)cc(C(=O)O)c1F. The van der Waals surface area contributed by atoms with Gasteiger partial charge in [-0.15, -0.1) is 0 Å². The zero-order valence-corrected chi connectivity index (χ0v) is 12.5. The number of carbonyl (C=O) groups is 1. The van der Waals surface area contributed by atoms with Crippen LogP contribution in [0, 0.1) is 18.6 Å². The van der Waals surface area contributed by atoms with Gasteiger partial charge in [-0.25, -0.2) is 22.0 Å². The molecule has 0 spiro atoms. The van der Waals surface area contributed by atoms with E-state index in [0.29, 0.717) is 6.07 Å². The van der Waals surface area contributed by atoms with Crippen LogP contribution in [0.15, 0.2) is 35.2 Å². The average molecular weight is 343 g/mol. The number of phenols is 1. The quantitative estimate of drug-likeness (QED) is 0.740. The van der Waals surface area contributed by atoms with Crippen molar-refractivity contribution < 1.29 is 32.2 Å². The Morgan fingerprint density at radius 1 is 1.22 bits per heavy atom. The number of aromatic carboxylic acids is 1. The number of phenolic OH excluding ortho intramolecular Hbond substituents is 1. The number of hydrogen-bond acceptors (Lipinski definition) is 4. The van der Waals surface area contributed by atoms with Crippen molar-refractivity contribution in [3.63, 3.8) is 0 Å². The van der Waals surface area contributed by atoms with Crippen LogP contribution in [0.2, 0.25) is 0 Å². The Morgan fingerprint density at radius 2 is 1.87 bits per heavy atom. The largest absolute Gasteiger partial charge is 0.506 e. The molecular weight excluding hydrogens is 332 g/mol. The molecular formula is C14H11F2NO5S.